The van der Waals surface area contributed by atoms with Crippen molar-refractivity contribution < 1.29 is 0 Å². The van der Waals surface area contributed by atoms with E-state index in [1.807, 2.05) is 12.1 Å². The van der Waals surface area contributed by atoms with Crippen molar-refractivity contribution in [3.63, 3.8) is 0 Å². The fraction of sp³-hybridized carbons (Fsp3) is 0.667. The fourth-order valence-corrected chi connectivity index (χ4v) is 3.40. The molecule has 0 amide bonds. The topological polar surface area (TPSA) is 29.3 Å². The molecule has 0 aromatic heterocycles. The van der Waals surface area contributed by atoms with Gasteiger partial charge in [0.1, 0.15) is 0 Å². The molecule has 0 unspecified atom stereocenters. The summed E-state index contributed by atoms with van der Waals surface area (Å²) in [7, 11) is 0. The minimum atomic E-state index is 0.646. The molecule has 1 saturated heterocycles. The molecule has 1 heterocycles. The lowest BCUT2D eigenvalue weighted by Crippen LogP contribution is -2.40. The average molecular weight is 274 g/mol. The van der Waals surface area contributed by atoms with Crippen molar-refractivity contribution in [2.24, 2.45) is 5.41 Å². The lowest BCUT2D eigenvalue weighted by molar-refractivity contribution is 0.0948. The lowest BCUT2D eigenvalue weighted by atomic mass is 9.74. The van der Waals surface area contributed by atoms with Crippen LogP contribution in [0.2, 0.25) is 0 Å². The van der Waals surface area contributed by atoms with Crippen molar-refractivity contribution in [2.75, 3.05) is 25.4 Å². The van der Waals surface area contributed by atoms with Crippen LogP contribution >= 0.6 is 0 Å². The van der Waals surface area contributed by atoms with Crippen molar-refractivity contribution in [2.45, 2.75) is 52.4 Å². The number of piperidine rings is 1. The smallest absolute Gasteiger partial charge is 0.0314 e. The number of likely N-dealkylation sites (tertiary alicyclic amines) is 1. The molecule has 0 radical (unpaired) electrons. The van der Waals surface area contributed by atoms with Crippen molar-refractivity contribution in [1.82, 2.24) is 4.90 Å². The molecule has 0 spiro atoms. The number of hydrogen-bond acceptors (Lipinski definition) is 2. The van der Waals surface area contributed by atoms with Crippen LogP contribution in [0.3, 0.4) is 0 Å². The highest BCUT2D eigenvalue weighted by Crippen LogP contribution is 2.37. The van der Waals surface area contributed by atoms with Gasteiger partial charge in [0.05, 0.1) is 0 Å². The van der Waals surface area contributed by atoms with E-state index in [1.54, 1.807) is 0 Å². The number of anilines is 1. The third-order valence-corrected chi connectivity index (χ3v) is 5.34. The van der Waals surface area contributed by atoms with Gasteiger partial charge in [-0.15, -0.1) is 0 Å². The summed E-state index contributed by atoms with van der Waals surface area (Å²) in [5.74, 6) is 0. The summed E-state index contributed by atoms with van der Waals surface area (Å²) in [6.07, 6.45) is 7.91. The van der Waals surface area contributed by atoms with Gasteiger partial charge in [0.25, 0.3) is 0 Å². The summed E-state index contributed by atoms with van der Waals surface area (Å²) in [6, 6.07) is 8.33. The number of nitrogen functional groups attached to an aromatic ring is 1. The Labute approximate surface area is 124 Å². The standard InChI is InChI=1S/C18H30N2/c1-3-18(4-2)11-14-20(15-12-18)13-5-6-16-7-9-17(19)10-8-16/h7-10H,3-6,11-15,19H2,1-2H3. The third-order valence-electron chi connectivity index (χ3n) is 5.34. The SMILES string of the molecule is CCC1(CC)CCN(CCCc2ccc(N)cc2)CC1. The van der Waals surface area contributed by atoms with Crippen LogP contribution in [0.25, 0.3) is 0 Å². The molecule has 112 valence electrons. The van der Waals surface area contributed by atoms with Gasteiger partial charge in [-0.2, -0.15) is 0 Å². The summed E-state index contributed by atoms with van der Waals surface area (Å²) < 4.78 is 0. The van der Waals surface area contributed by atoms with E-state index in [-0.39, 0.29) is 0 Å². The number of nitrogens with two attached hydrogens (primary N) is 1. The molecule has 1 aromatic carbocycles. The minimum Gasteiger partial charge on any atom is -0.399 e. The molecule has 20 heavy (non-hydrogen) atoms. The second-order valence-corrected chi connectivity index (χ2v) is 6.39. The molecule has 2 nitrogen and oxygen atoms in total. The zero-order valence-corrected chi connectivity index (χ0v) is 13.2. The number of nitrogens with zero attached hydrogens (tertiary/aromatic N) is 1. The molecule has 0 bridgehead atoms. The van der Waals surface area contributed by atoms with Gasteiger partial charge in [-0.1, -0.05) is 38.8 Å². The average Bonchev–Trinajstić information content (AvgIpc) is 2.50. The quantitative estimate of drug-likeness (QED) is 0.791. The largest absolute Gasteiger partial charge is 0.399 e. The van der Waals surface area contributed by atoms with E-state index in [1.165, 1.54) is 63.7 Å². The Hall–Kier alpha value is -1.02. The van der Waals surface area contributed by atoms with Gasteiger partial charge < -0.3 is 10.6 Å². The highest BCUT2D eigenvalue weighted by atomic mass is 15.1. The molecule has 2 heteroatoms. The maximum Gasteiger partial charge on any atom is 0.0314 e. The van der Waals surface area contributed by atoms with Gasteiger partial charge >= 0.3 is 0 Å². The van der Waals surface area contributed by atoms with Gasteiger partial charge in [-0.25, -0.2) is 0 Å². The Bertz CT molecular complexity index is 382. The Kier molecular flexibility index (Phi) is 5.47. The third kappa shape index (κ3) is 3.99. The molecular formula is C18H30N2. The Morgan fingerprint density at radius 3 is 2.20 bits per heavy atom. The van der Waals surface area contributed by atoms with Crippen molar-refractivity contribution in [3.05, 3.63) is 29.8 Å². The molecular weight excluding hydrogens is 244 g/mol. The zero-order chi connectivity index (χ0) is 14.4. The molecule has 1 aliphatic heterocycles. The van der Waals surface area contributed by atoms with Gasteiger partial charge in [0, 0.05) is 5.69 Å². The fourth-order valence-electron chi connectivity index (χ4n) is 3.40. The number of rotatable bonds is 6. The molecule has 1 fully saturated rings. The first kappa shape index (κ1) is 15.4. The summed E-state index contributed by atoms with van der Waals surface area (Å²) >= 11 is 0. The van der Waals surface area contributed by atoms with E-state index in [4.69, 9.17) is 5.73 Å². The number of benzene rings is 1. The second kappa shape index (κ2) is 7.12. The minimum absolute atomic E-state index is 0.646. The monoisotopic (exact) mass is 274 g/mol. The van der Waals surface area contributed by atoms with Crippen molar-refractivity contribution in [3.8, 4) is 0 Å². The van der Waals surface area contributed by atoms with E-state index < -0.39 is 0 Å². The zero-order valence-electron chi connectivity index (χ0n) is 13.2. The Balaban J connectivity index is 1.70. The van der Waals surface area contributed by atoms with E-state index in [2.05, 4.69) is 30.9 Å². The highest BCUT2D eigenvalue weighted by molar-refractivity contribution is 5.39. The molecule has 0 aliphatic carbocycles. The molecule has 1 aromatic rings. The van der Waals surface area contributed by atoms with Crippen LogP contribution in [0.4, 0.5) is 5.69 Å². The first-order valence-electron chi connectivity index (χ1n) is 8.24. The van der Waals surface area contributed by atoms with Crippen LogP contribution in [-0.2, 0) is 6.42 Å². The van der Waals surface area contributed by atoms with Gasteiger partial charge in [-0.3, -0.25) is 0 Å². The van der Waals surface area contributed by atoms with Crippen molar-refractivity contribution in [1.29, 1.82) is 0 Å². The summed E-state index contributed by atoms with van der Waals surface area (Å²) in [6.45, 7) is 8.56. The van der Waals surface area contributed by atoms with Gasteiger partial charge in [0.2, 0.25) is 0 Å². The summed E-state index contributed by atoms with van der Waals surface area (Å²) in [5, 5.41) is 0. The molecule has 0 atom stereocenters. The normalized spacial score (nSPS) is 19.1. The summed E-state index contributed by atoms with van der Waals surface area (Å²) in [5.41, 5.74) is 8.63. The van der Waals surface area contributed by atoms with Crippen LogP contribution < -0.4 is 5.73 Å². The number of hydrogen-bond donors (Lipinski definition) is 1. The molecule has 1 aliphatic rings. The van der Waals surface area contributed by atoms with E-state index in [9.17, 15) is 0 Å². The van der Waals surface area contributed by atoms with Crippen LogP contribution in [-0.4, -0.2) is 24.5 Å². The van der Waals surface area contributed by atoms with Crippen LogP contribution in [0.15, 0.2) is 24.3 Å². The van der Waals surface area contributed by atoms with Gasteiger partial charge in [-0.05, 0) is 68.4 Å². The first-order chi connectivity index (χ1) is 9.67. The van der Waals surface area contributed by atoms with E-state index in [0.29, 0.717) is 5.41 Å². The Morgan fingerprint density at radius 1 is 1.05 bits per heavy atom. The van der Waals surface area contributed by atoms with Crippen LogP contribution in [0.1, 0.15) is 51.5 Å². The molecule has 2 rings (SSSR count). The van der Waals surface area contributed by atoms with Crippen LogP contribution in [0, 0.1) is 5.41 Å². The highest BCUT2D eigenvalue weighted by Gasteiger charge is 2.30. The first-order valence-corrected chi connectivity index (χ1v) is 8.24. The second-order valence-electron chi connectivity index (χ2n) is 6.39. The Morgan fingerprint density at radius 2 is 1.65 bits per heavy atom. The van der Waals surface area contributed by atoms with Gasteiger partial charge in [0.15, 0.2) is 0 Å². The van der Waals surface area contributed by atoms with Crippen molar-refractivity contribution >= 4 is 5.69 Å². The number of aryl methyl sites for hydroxylation is 1. The van der Waals surface area contributed by atoms with E-state index in [0.717, 1.165) is 5.69 Å². The predicted octanol–water partition coefficient (Wildman–Crippen LogP) is 4.10. The molecule has 2 N–H and O–H groups in total. The predicted molar refractivity (Wildman–Crippen MR) is 87.9 cm³/mol. The summed E-state index contributed by atoms with van der Waals surface area (Å²) in [4.78, 5) is 2.65. The lowest BCUT2D eigenvalue weighted by Gasteiger charge is -2.41. The van der Waals surface area contributed by atoms with Crippen LogP contribution in [0.5, 0.6) is 0 Å². The maximum absolute atomic E-state index is 5.72. The van der Waals surface area contributed by atoms with E-state index >= 15 is 0 Å². The molecule has 0 saturated carbocycles. The maximum atomic E-state index is 5.72.